The molecule has 4 aromatic heterocycles. The van der Waals surface area contributed by atoms with Crippen LogP contribution in [-0.4, -0.2) is 74.0 Å². The predicted octanol–water partition coefficient (Wildman–Crippen LogP) is 4.62. The van der Waals surface area contributed by atoms with Gasteiger partial charge < -0.3 is 19.9 Å². The van der Waals surface area contributed by atoms with Crippen LogP contribution in [0.3, 0.4) is 0 Å². The molecule has 0 atom stereocenters. The molecule has 0 aliphatic carbocycles. The minimum absolute atomic E-state index is 0.0649. The second-order valence-electron chi connectivity index (χ2n) is 10.0. The zero-order chi connectivity index (χ0) is 27.6. The number of rotatable bonds is 7. The summed E-state index contributed by atoms with van der Waals surface area (Å²) in [6.07, 6.45) is 10.1. The summed E-state index contributed by atoms with van der Waals surface area (Å²) in [6.45, 7) is 4.13. The maximum Gasteiger partial charge on any atom is 0.246 e. The van der Waals surface area contributed by atoms with Crippen molar-refractivity contribution >= 4 is 44.6 Å². The third-order valence-electron chi connectivity index (χ3n) is 6.87. The van der Waals surface area contributed by atoms with Crippen molar-refractivity contribution in [2.24, 2.45) is 0 Å². The zero-order valence-electron chi connectivity index (χ0n) is 22.7. The van der Waals surface area contributed by atoms with E-state index in [9.17, 15) is 4.79 Å². The Bertz CT molecular complexity index is 1720. The van der Waals surface area contributed by atoms with Gasteiger partial charge in [0.25, 0.3) is 0 Å². The van der Waals surface area contributed by atoms with Crippen LogP contribution in [-0.2, 0) is 17.6 Å². The first-order chi connectivity index (χ1) is 19.4. The van der Waals surface area contributed by atoms with Gasteiger partial charge in [-0.05, 0) is 69.3 Å². The molecule has 0 fully saturated rings. The van der Waals surface area contributed by atoms with Crippen molar-refractivity contribution in [2.45, 2.75) is 19.8 Å². The van der Waals surface area contributed by atoms with Gasteiger partial charge in [-0.3, -0.25) is 4.79 Å². The molecule has 0 saturated carbocycles. The molecule has 40 heavy (non-hydrogen) atoms. The smallest absolute Gasteiger partial charge is 0.246 e. The normalized spacial score (nSPS) is 13.8. The van der Waals surface area contributed by atoms with Gasteiger partial charge in [0.1, 0.15) is 34.8 Å². The van der Waals surface area contributed by atoms with E-state index in [4.69, 9.17) is 4.74 Å². The highest BCUT2D eigenvalue weighted by Gasteiger charge is 2.23. The van der Waals surface area contributed by atoms with E-state index >= 15 is 0 Å². The topological polar surface area (TPSA) is 101 Å². The van der Waals surface area contributed by atoms with E-state index < -0.39 is 0 Å². The number of hydrogen-bond acceptors (Lipinski definition) is 9. The second-order valence-corrected chi connectivity index (χ2v) is 11.1. The number of nitrogens with zero attached hydrogens (tertiary/aromatic N) is 7. The van der Waals surface area contributed by atoms with Crippen molar-refractivity contribution in [3.8, 4) is 11.5 Å². The second kappa shape index (κ2) is 11.0. The van der Waals surface area contributed by atoms with Crippen molar-refractivity contribution in [1.29, 1.82) is 0 Å². The minimum atomic E-state index is 0.0649. The molecule has 1 aliphatic rings. The number of likely N-dealkylation sites (N-methyl/N-ethyl adjacent to an activating group) is 1. The maximum absolute atomic E-state index is 12.8. The Hall–Kier alpha value is -4.35. The number of fused-ring (bicyclic) bond motifs is 4. The van der Waals surface area contributed by atoms with E-state index in [0.29, 0.717) is 18.8 Å². The highest BCUT2D eigenvalue weighted by molar-refractivity contribution is 7.19. The predicted molar refractivity (Wildman–Crippen MR) is 157 cm³/mol. The fourth-order valence-electron chi connectivity index (χ4n) is 4.85. The van der Waals surface area contributed by atoms with Crippen LogP contribution in [0.4, 0.5) is 11.5 Å². The van der Waals surface area contributed by atoms with Crippen LogP contribution in [0.2, 0.25) is 0 Å². The Morgan fingerprint density at radius 1 is 1.12 bits per heavy atom. The maximum atomic E-state index is 12.8. The molecule has 0 radical (unpaired) electrons. The van der Waals surface area contributed by atoms with E-state index in [1.807, 2.05) is 73.4 Å². The molecule has 0 bridgehead atoms. The molecule has 5 aromatic rings. The van der Waals surface area contributed by atoms with Gasteiger partial charge in [-0.15, -0.1) is 11.3 Å². The number of thiophene rings is 1. The summed E-state index contributed by atoms with van der Waals surface area (Å²) in [4.78, 5) is 32.4. The zero-order valence-corrected chi connectivity index (χ0v) is 23.5. The molecule has 1 N–H and O–H groups in total. The number of aromatic nitrogens is 5. The van der Waals surface area contributed by atoms with E-state index in [1.54, 1.807) is 28.3 Å². The number of aryl methyl sites for hydroxylation is 1. The van der Waals surface area contributed by atoms with Crippen LogP contribution in [0, 0.1) is 6.92 Å². The number of pyridine rings is 1. The van der Waals surface area contributed by atoms with Crippen LogP contribution in [0.15, 0.2) is 61.3 Å². The minimum Gasteiger partial charge on any atom is -0.457 e. The number of nitrogens with one attached hydrogen (secondary N) is 1. The fourth-order valence-corrected chi connectivity index (χ4v) is 6.02. The van der Waals surface area contributed by atoms with E-state index in [2.05, 4.69) is 25.4 Å². The molecule has 6 rings (SSSR count). The summed E-state index contributed by atoms with van der Waals surface area (Å²) in [6, 6.07) is 9.70. The summed E-state index contributed by atoms with van der Waals surface area (Å²) in [5.74, 6) is 2.30. The number of amides is 1. The van der Waals surface area contributed by atoms with Gasteiger partial charge in [-0.25, -0.2) is 19.5 Å². The summed E-state index contributed by atoms with van der Waals surface area (Å²) in [5, 5.41) is 8.68. The quantitative estimate of drug-likeness (QED) is 0.291. The standard InChI is InChI=1S/C29H30N8O2S/c1-19-15-20(6-7-23(19)39-21-8-14-37-25(16-21)30-18-33-37)34-28-27-22-9-12-36(26(38)5-4-11-35(2)3)13-10-24(22)40-29(27)32-17-31-28/h4-8,14-18H,9-13H2,1-3H3,(H,31,32,34)/b5-4+. The Kier molecular flexibility index (Phi) is 7.14. The Morgan fingerprint density at radius 2 is 2.00 bits per heavy atom. The Morgan fingerprint density at radius 3 is 2.85 bits per heavy atom. The van der Waals surface area contributed by atoms with Gasteiger partial charge in [0.05, 0.1) is 5.39 Å². The number of ether oxygens (including phenoxy) is 1. The molecular formula is C29H30N8O2S. The first-order valence-corrected chi connectivity index (χ1v) is 14.0. The van der Waals surface area contributed by atoms with Gasteiger partial charge in [-0.2, -0.15) is 5.10 Å². The third kappa shape index (κ3) is 5.38. The van der Waals surface area contributed by atoms with Gasteiger partial charge in [0, 0.05) is 48.5 Å². The van der Waals surface area contributed by atoms with Gasteiger partial charge in [0.15, 0.2) is 5.65 Å². The van der Waals surface area contributed by atoms with E-state index in [0.717, 1.165) is 58.1 Å². The van der Waals surface area contributed by atoms with Crippen LogP contribution >= 0.6 is 11.3 Å². The lowest BCUT2D eigenvalue weighted by molar-refractivity contribution is -0.125. The van der Waals surface area contributed by atoms with Gasteiger partial charge in [-0.1, -0.05) is 6.08 Å². The summed E-state index contributed by atoms with van der Waals surface area (Å²) in [7, 11) is 3.98. The molecule has 0 saturated heterocycles. The number of anilines is 2. The van der Waals surface area contributed by atoms with E-state index in [1.165, 1.54) is 16.8 Å². The molecule has 11 heteroatoms. The van der Waals surface area contributed by atoms with Crippen molar-refractivity contribution in [3.63, 3.8) is 0 Å². The molecule has 0 unspecified atom stereocenters. The molecule has 1 aromatic carbocycles. The van der Waals surface area contributed by atoms with Crippen molar-refractivity contribution in [3.05, 3.63) is 77.3 Å². The van der Waals surface area contributed by atoms with Crippen LogP contribution in [0.1, 0.15) is 16.0 Å². The van der Waals surface area contributed by atoms with Crippen molar-refractivity contribution < 1.29 is 9.53 Å². The van der Waals surface area contributed by atoms with E-state index in [-0.39, 0.29) is 5.91 Å². The van der Waals surface area contributed by atoms with Gasteiger partial charge in [0.2, 0.25) is 5.91 Å². The highest BCUT2D eigenvalue weighted by atomic mass is 32.1. The van der Waals surface area contributed by atoms with Crippen molar-refractivity contribution in [1.82, 2.24) is 34.4 Å². The SMILES string of the molecule is Cc1cc(Nc2ncnc3sc4c(c23)CCN(C(=O)/C=C/CN(C)C)CC4)ccc1Oc1ccn2ncnc2c1. The highest BCUT2D eigenvalue weighted by Crippen LogP contribution is 2.37. The average Bonchev–Trinajstić information content (AvgIpc) is 3.48. The molecule has 204 valence electrons. The first-order valence-electron chi connectivity index (χ1n) is 13.1. The third-order valence-corrected chi connectivity index (χ3v) is 8.07. The fraction of sp³-hybridized carbons (Fsp3) is 0.276. The lowest BCUT2D eigenvalue weighted by Gasteiger charge is -2.18. The first kappa shape index (κ1) is 25.9. The van der Waals surface area contributed by atoms with Crippen LogP contribution in [0.5, 0.6) is 11.5 Å². The molecule has 10 nitrogen and oxygen atoms in total. The lowest BCUT2D eigenvalue weighted by Crippen LogP contribution is -2.32. The molecule has 1 aliphatic heterocycles. The number of benzene rings is 1. The number of carbonyl (C=O) groups is 1. The van der Waals surface area contributed by atoms with Crippen LogP contribution < -0.4 is 10.1 Å². The lowest BCUT2D eigenvalue weighted by atomic mass is 10.1. The van der Waals surface area contributed by atoms with Gasteiger partial charge >= 0.3 is 0 Å². The average molecular weight is 555 g/mol. The van der Waals surface area contributed by atoms with Crippen LogP contribution in [0.25, 0.3) is 15.9 Å². The summed E-state index contributed by atoms with van der Waals surface area (Å²) >= 11 is 1.70. The monoisotopic (exact) mass is 554 g/mol. The number of carbonyl (C=O) groups excluding carboxylic acids is 1. The Labute approximate surface area is 235 Å². The molecule has 0 spiro atoms. The molecule has 1 amide bonds. The summed E-state index contributed by atoms with van der Waals surface area (Å²) < 4.78 is 7.82. The van der Waals surface area contributed by atoms with Crippen molar-refractivity contribution in [2.75, 3.05) is 39.0 Å². The largest absolute Gasteiger partial charge is 0.457 e. The summed E-state index contributed by atoms with van der Waals surface area (Å²) in [5.41, 5.74) is 3.85. The number of hydrogen-bond donors (Lipinski definition) is 1. The molecular weight excluding hydrogens is 524 g/mol. The molecule has 5 heterocycles. The Balaban J connectivity index is 1.20.